The number of carbonyl (C=O) groups excluding carboxylic acids is 1. The smallest absolute Gasteiger partial charge is 0.277 e. The number of para-hydroxylation sites is 2. The molecule has 1 aromatic heterocycles. The van der Waals surface area contributed by atoms with Gasteiger partial charge in [0, 0.05) is 5.56 Å². The van der Waals surface area contributed by atoms with E-state index in [0.717, 1.165) is 22.7 Å². The normalized spacial score (nSPS) is 13.3. The molecular formula is C18H14BrN3O2. The molecule has 2 heterocycles. The van der Waals surface area contributed by atoms with Crippen LogP contribution in [0.3, 0.4) is 0 Å². The van der Waals surface area contributed by atoms with Gasteiger partial charge >= 0.3 is 0 Å². The largest absolute Gasteiger partial charge is 0.490 e. The predicted octanol–water partition coefficient (Wildman–Crippen LogP) is 3.88. The molecule has 0 saturated heterocycles. The van der Waals surface area contributed by atoms with Gasteiger partial charge in [0.2, 0.25) is 0 Å². The van der Waals surface area contributed by atoms with E-state index in [1.807, 2.05) is 54.6 Å². The molecule has 1 N–H and O–H groups in total. The minimum atomic E-state index is -0.132. The van der Waals surface area contributed by atoms with E-state index in [1.54, 1.807) is 4.90 Å². The van der Waals surface area contributed by atoms with Crippen LogP contribution in [0.25, 0.3) is 11.3 Å². The molecule has 4 rings (SSSR count). The number of ether oxygens (including phenoxy) is 1. The Morgan fingerprint density at radius 2 is 1.88 bits per heavy atom. The van der Waals surface area contributed by atoms with E-state index in [0.29, 0.717) is 23.3 Å². The summed E-state index contributed by atoms with van der Waals surface area (Å²) in [6.07, 6.45) is 0. The molecule has 0 saturated carbocycles. The zero-order chi connectivity index (χ0) is 16.5. The third-order valence-corrected chi connectivity index (χ3v) is 4.71. The van der Waals surface area contributed by atoms with Gasteiger partial charge in [-0.15, -0.1) is 0 Å². The molecule has 1 aliphatic rings. The lowest BCUT2D eigenvalue weighted by Crippen LogP contribution is -2.38. The summed E-state index contributed by atoms with van der Waals surface area (Å²) in [4.78, 5) is 14.7. The molecule has 1 amide bonds. The summed E-state index contributed by atoms with van der Waals surface area (Å²) in [5, 5.41) is 7.18. The maximum absolute atomic E-state index is 13.0. The van der Waals surface area contributed by atoms with Crippen molar-refractivity contribution in [2.24, 2.45) is 0 Å². The van der Waals surface area contributed by atoms with Gasteiger partial charge in [-0.1, -0.05) is 42.5 Å². The molecule has 0 unspecified atom stereocenters. The predicted molar refractivity (Wildman–Crippen MR) is 95.3 cm³/mol. The van der Waals surface area contributed by atoms with Gasteiger partial charge in [-0.3, -0.25) is 9.89 Å². The van der Waals surface area contributed by atoms with Crippen LogP contribution in [0.5, 0.6) is 5.75 Å². The van der Waals surface area contributed by atoms with E-state index in [9.17, 15) is 4.79 Å². The maximum atomic E-state index is 13.0. The fourth-order valence-electron chi connectivity index (χ4n) is 2.77. The topological polar surface area (TPSA) is 58.2 Å². The summed E-state index contributed by atoms with van der Waals surface area (Å²) in [6, 6.07) is 17.3. The van der Waals surface area contributed by atoms with Crippen molar-refractivity contribution in [1.29, 1.82) is 0 Å². The van der Waals surface area contributed by atoms with Crippen LogP contribution >= 0.6 is 15.9 Å². The Balaban J connectivity index is 1.71. The number of amides is 1. The number of nitrogens with zero attached hydrogens (tertiary/aromatic N) is 2. The third-order valence-electron chi connectivity index (χ3n) is 3.94. The number of hydrogen-bond acceptors (Lipinski definition) is 3. The molecule has 0 spiro atoms. The van der Waals surface area contributed by atoms with Crippen LogP contribution in [0.15, 0.2) is 59.1 Å². The number of hydrogen-bond donors (Lipinski definition) is 1. The van der Waals surface area contributed by atoms with Crippen LogP contribution in [0.2, 0.25) is 0 Å². The van der Waals surface area contributed by atoms with Crippen molar-refractivity contribution in [3.05, 3.63) is 64.8 Å². The molecular weight excluding hydrogens is 370 g/mol. The highest BCUT2D eigenvalue weighted by Gasteiger charge is 2.28. The Hall–Kier alpha value is -2.60. The number of anilines is 1. The van der Waals surface area contributed by atoms with E-state index in [1.165, 1.54) is 0 Å². The van der Waals surface area contributed by atoms with Gasteiger partial charge < -0.3 is 9.64 Å². The van der Waals surface area contributed by atoms with Crippen molar-refractivity contribution < 1.29 is 9.53 Å². The number of fused-ring (bicyclic) bond motifs is 1. The molecule has 0 bridgehead atoms. The lowest BCUT2D eigenvalue weighted by atomic mass is 10.1. The number of aromatic amines is 1. The van der Waals surface area contributed by atoms with Crippen LogP contribution in [0.4, 0.5) is 5.69 Å². The van der Waals surface area contributed by atoms with Crippen molar-refractivity contribution >= 4 is 27.5 Å². The number of aromatic nitrogens is 2. The molecule has 1 aliphatic heterocycles. The second-order valence-electron chi connectivity index (χ2n) is 5.40. The number of H-pyrrole nitrogens is 1. The van der Waals surface area contributed by atoms with E-state index in [4.69, 9.17) is 4.74 Å². The Morgan fingerprint density at radius 1 is 1.12 bits per heavy atom. The summed E-state index contributed by atoms with van der Waals surface area (Å²) in [5.41, 5.74) is 2.88. The quantitative estimate of drug-likeness (QED) is 0.730. The van der Waals surface area contributed by atoms with E-state index < -0.39 is 0 Å². The minimum absolute atomic E-state index is 0.132. The summed E-state index contributed by atoms with van der Waals surface area (Å²) >= 11 is 3.52. The van der Waals surface area contributed by atoms with Crippen molar-refractivity contribution in [2.75, 3.05) is 18.1 Å². The number of carbonyl (C=O) groups is 1. The van der Waals surface area contributed by atoms with Crippen LogP contribution in [-0.2, 0) is 0 Å². The van der Waals surface area contributed by atoms with Crippen LogP contribution in [-0.4, -0.2) is 29.3 Å². The Labute approximate surface area is 147 Å². The average Bonchev–Trinajstić information content (AvgIpc) is 3.03. The van der Waals surface area contributed by atoms with E-state index in [2.05, 4.69) is 26.1 Å². The fraction of sp³-hybridized carbons (Fsp3) is 0.111. The second kappa shape index (κ2) is 6.13. The zero-order valence-electron chi connectivity index (χ0n) is 12.7. The lowest BCUT2D eigenvalue weighted by Gasteiger charge is -2.29. The molecule has 5 nitrogen and oxygen atoms in total. The molecule has 0 radical (unpaired) electrons. The number of rotatable bonds is 2. The molecule has 0 aliphatic carbocycles. The first-order valence-corrected chi connectivity index (χ1v) is 8.38. The van der Waals surface area contributed by atoms with Gasteiger partial charge in [0.05, 0.1) is 16.7 Å². The first-order chi connectivity index (χ1) is 11.8. The first-order valence-electron chi connectivity index (χ1n) is 7.58. The van der Waals surface area contributed by atoms with E-state index >= 15 is 0 Å². The summed E-state index contributed by atoms with van der Waals surface area (Å²) in [7, 11) is 0. The molecule has 2 aromatic carbocycles. The Morgan fingerprint density at radius 3 is 2.71 bits per heavy atom. The second-order valence-corrected chi connectivity index (χ2v) is 6.19. The van der Waals surface area contributed by atoms with Crippen molar-refractivity contribution in [1.82, 2.24) is 10.2 Å². The van der Waals surface area contributed by atoms with Crippen molar-refractivity contribution in [3.8, 4) is 17.0 Å². The lowest BCUT2D eigenvalue weighted by molar-refractivity contribution is 0.0971. The average molecular weight is 384 g/mol. The van der Waals surface area contributed by atoms with Gasteiger partial charge in [-0.25, -0.2) is 0 Å². The standard InChI is InChI=1S/C18H14BrN3O2/c19-15-16(12-6-2-1-3-7-12)20-21-17(15)18(23)22-10-11-24-14-9-5-4-8-13(14)22/h1-9H,10-11H2,(H,20,21). The highest BCUT2D eigenvalue weighted by molar-refractivity contribution is 9.10. The van der Waals surface area contributed by atoms with Crippen LogP contribution in [0, 0.1) is 0 Å². The number of benzene rings is 2. The monoisotopic (exact) mass is 383 g/mol. The van der Waals surface area contributed by atoms with Gasteiger partial charge in [-0.05, 0) is 28.1 Å². The van der Waals surface area contributed by atoms with Gasteiger partial charge in [0.15, 0.2) is 0 Å². The third kappa shape index (κ3) is 2.49. The maximum Gasteiger partial charge on any atom is 0.277 e. The Bertz CT molecular complexity index is 892. The van der Waals surface area contributed by atoms with Crippen molar-refractivity contribution in [3.63, 3.8) is 0 Å². The molecule has 3 aromatic rings. The minimum Gasteiger partial charge on any atom is -0.490 e. The molecule has 24 heavy (non-hydrogen) atoms. The van der Waals surface area contributed by atoms with Gasteiger partial charge in [0.25, 0.3) is 5.91 Å². The highest BCUT2D eigenvalue weighted by atomic mass is 79.9. The van der Waals surface area contributed by atoms with E-state index in [-0.39, 0.29) is 5.91 Å². The van der Waals surface area contributed by atoms with Crippen LogP contribution in [0.1, 0.15) is 10.5 Å². The van der Waals surface area contributed by atoms with Crippen LogP contribution < -0.4 is 9.64 Å². The fourth-order valence-corrected chi connectivity index (χ4v) is 3.35. The van der Waals surface area contributed by atoms with Crippen molar-refractivity contribution in [2.45, 2.75) is 0 Å². The molecule has 0 fully saturated rings. The molecule has 6 heteroatoms. The van der Waals surface area contributed by atoms with Gasteiger partial charge in [0.1, 0.15) is 23.7 Å². The molecule has 120 valence electrons. The number of halogens is 1. The summed E-state index contributed by atoms with van der Waals surface area (Å²) in [5.74, 6) is 0.586. The summed E-state index contributed by atoms with van der Waals surface area (Å²) < 4.78 is 6.28. The molecule has 0 atom stereocenters. The highest BCUT2D eigenvalue weighted by Crippen LogP contribution is 2.34. The number of nitrogens with one attached hydrogen (secondary N) is 1. The SMILES string of the molecule is O=C(c1[nH]nc(-c2ccccc2)c1Br)N1CCOc2ccccc21. The Kier molecular flexibility index (Phi) is 3.82. The van der Waals surface area contributed by atoms with Gasteiger partial charge in [-0.2, -0.15) is 5.10 Å². The first kappa shape index (κ1) is 15.0. The summed E-state index contributed by atoms with van der Waals surface area (Å²) in [6.45, 7) is 0.974. The zero-order valence-corrected chi connectivity index (χ0v) is 14.3.